The molecule has 0 radical (unpaired) electrons. The fraction of sp³-hybridized carbons (Fsp3) is 0.138. The fourth-order valence-electron chi connectivity index (χ4n) is 4.75. The smallest absolute Gasteiger partial charge is 0.341 e. The molecule has 8 nitrogen and oxygen atoms in total. The van der Waals surface area contributed by atoms with Crippen molar-refractivity contribution in [2.45, 2.75) is 25.6 Å². The van der Waals surface area contributed by atoms with Crippen molar-refractivity contribution in [1.29, 1.82) is 0 Å². The number of nitrogens with two attached hydrogens (primary N) is 1. The molecule has 1 spiro atoms. The molecule has 1 atom stereocenters. The van der Waals surface area contributed by atoms with E-state index in [1.54, 1.807) is 42.5 Å². The summed E-state index contributed by atoms with van der Waals surface area (Å²) >= 11 is 3.44. The van der Waals surface area contributed by atoms with Gasteiger partial charge in [-0.15, -0.1) is 0 Å². The van der Waals surface area contributed by atoms with E-state index in [9.17, 15) is 14.4 Å². The first-order valence-corrected chi connectivity index (χ1v) is 12.5. The van der Waals surface area contributed by atoms with Crippen molar-refractivity contribution in [3.05, 3.63) is 123 Å². The van der Waals surface area contributed by atoms with Gasteiger partial charge in [0.1, 0.15) is 35.5 Å². The Hall–Kier alpha value is -4.37. The van der Waals surface area contributed by atoms with Gasteiger partial charge in [0, 0.05) is 15.7 Å². The van der Waals surface area contributed by atoms with E-state index < -0.39 is 23.3 Å². The molecule has 0 fully saturated rings. The second kappa shape index (κ2) is 10.2. The first-order chi connectivity index (χ1) is 18.3. The van der Waals surface area contributed by atoms with E-state index >= 15 is 0 Å². The van der Waals surface area contributed by atoms with Gasteiger partial charge in [-0.25, -0.2) is 9.59 Å². The van der Waals surface area contributed by atoms with Crippen LogP contribution in [0.25, 0.3) is 0 Å². The van der Waals surface area contributed by atoms with E-state index in [1.165, 1.54) is 6.92 Å². The molecule has 0 aliphatic carbocycles. The van der Waals surface area contributed by atoms with Crippen LogP contribution in [-0.2, 0) is 47.2 Å². The maximum atomic E-state index is 13.9. The maximum Gasteiger partial charge on any atom is 0.341 e. The molecular weight excluding hydrogens is 552 g/mol. The molecular formula is C29H23BrN2O6. The van der Waals surface area contributed by atoms with Crippen molar-refractivity contribution in [2.75, 3.05) is 5.32 Å². The summed E-state index contributed by atoms with van der Waals surface area (Å²) in [5.41, 5.74) is 6.12. The van der Waals surface area contributed by atoms with Gasteiger partial charge in [-0.1, -0.05) is 76.6 Å². The third kappa shape index (κ3) is 4.35. The van der Waals surface area contributed by atoms with Crippen molar-refractivity contribution >= 4 is 39.5 Å². The van der Waals surface area contributed by atoms with E-state index in [-0.39, 0.29) is 36.0 Å². The average molecular weight is 575 g/mol. The summed E-state index contributed by atoms with van der Waals surface area (Å²) in [5.74, 6) is -2.65. The third-order valence-corrected chi connectivity index (χ3v) is 6.91. The summed E-state index contributed by atoms with van der Waals surface area (Å²) in [6.45, 7) is 1.38. The molecule has 2 aliphatic heterocycles. The predicted octanol–water partition coefficient (Wildman–Crippen LogP) is 4.60. The zero-order chi connectivity index (χ0) is 26.9. The Morgan fingerprint density at radius 3 is 2.03 bits per heavy atom. The molecule has 2 heterocycles. The Morgan fingerprint density at radius 1 is 0.895 bits per heavy atom. The van der Waals surface area contributed by atoms with Gasteiger partial charge in [0.15, 0.2) is 0 Å². The Morgan fingerprint density at radius 2 is 1.45 bits per heavy atom. The monoisotopic (exact) mass is 574 g/mol. The number of hydrogen-bond donors (Lipinski definition) is 2. The molecule has 0 saturated carbocycles. The summed E-state index contributed by atoms with van der Waals surface area (Å²) in [4.78, 5) is 41.2. The van der Waals surface area contributed by atoms with Crippen molar-refractivity contribution in [1.82, 2.24) is 0 Å². The molecule has 3 aromatic rings. The van der Waals surface area contributed by atoms with E-state index in [2.05, 4.69) is 21.2 Å². The van der Waals surface area contributed by atoms with Gasteiger partial charge in [-0.2, -0.15) is 0 Å². The molecule has 0 bridgehead atoms. The van der Waals surface area contributed by atoms with E-state index in [4.69, 9.17) is 19.9 Å². The standard InChI is InChI=1S/C29H23BrN2O6/c1-17-23(26(33)36-15-18-8-4-2-5-9-18)29(21-14-20(30)12-13-22(21)32-28(29)35)24(25(31)38-17)27(34)37-16-19-10-6-3-7-11-19/h2-14H,15-16,31H2,1H3,(H,32,35)/t29-/m1/s1. The topological polar surface area (TPSA) is 117 Å². The Labute approximate surface area is 227 Å². The van der Waals surface area contributed by atoms with Gasteiger partial charge in [-0.05, 0) is 36.2 Å². The van der Waals surface area contributed by atoms with Gasteiger partial charge >= 0.3 is 11.9 Å². The van der Waals surface area contributed by atoms with Crippen LogP contribution in [0, 0.1) is 0 Å². The van der Waals surface area contributed by atoms with Crippen molar-refractivity contribution in [3.63, 3.8) is 0 Å². The van der Waals surface area contributed by atoms with Crippen LogP contribution in [-0.4, -0.2) is 17.8 Å². The number of anilines is 1. The first kappa shape index (κ1) is 25.3. The van der Waals surface area contributed by atoms with Crippen LogP contribution in [0.5, 0.6) is 0 Å². The van der Waals surface area contributed by atoms with Crippen molar-refractivity contribution in [3.8, 4) is 0 Å². The van der Waals surface area contributed by atoms with Crippen molar-refractivity contribution in [2.24, 2.45) is 5.73 Å². The molecule has 3 aromatic carbocycles. The highest BCUT2D eigenvalue weighted by atomic mass is 79.9. The number of benzene rings is 3. The van der Waals surface area contributed by atoms with E-state index in [0.29, 0.717) is 15.7 Å². The second-order valence-corrected chi connectivity index (χ2v) is 9.71. The number of carbonyl (C=O) groups excluding carboxylic acids is 3. The molecule has 3 N–H and O–H groups in total. The van der Waals surface area contributed by atoms with Crippen LogP contribution < -0.4 is 11.1 Å². The van der Waals surface area contributed by atoms with Crippen molar-refractivity contribution < 1.29 is 28.6 Å². The minimum Gasteiger partial charge on any atom is -0.457 e. The largest absolute Gasteiger partial charge is 0.457 e. The van der Waals surface area contributed by atoms with Crippen LogP contribution in [0.2, 0.25) is 0 Å². The lowest BCUT2D eigenvalue weighted by Crippen LogP contribution is -2.48. The second-order valence-electron chi connectivity index (χ2n) is 8.79. The number of carbonyl (C=O) groups is 3. The van der Waals surface area contributed by atoms with Crippen LogP contribution in [0.4, 0.5) is 5.69 Å². The number of amides is 1. The van der Waals surface area contributed by atoms with Crippen LogP contribution in [0.3, 0.4) is 0 Å². The zero-order valence-electron chi connectivity index (χ0n) is 20.3. The molecule has 0 unspecified atom stereocenters. The molecule has 1 amide bonds. The van der Waals surface area contributed by atoms with Gasteiger partial charge in [-0.3, -0.25) is 4.79 Å². The highest BCUT2D eigenvalue weighted by Gasteiger charge is 2.62. The molecule has 192 valence electrons. The molecule has 9 heteroatoms. The molecule has 2 aliphatic rings. The average Bonchev–Trinajstić information content (AvgIpc) is 3.18. The summed E-state index contributed by atoms with van der Waals surface area (Å²) in [7, 11) is 0. The highest BCUT2D eigenvalue weighted by Crippen LogP contribution is 2.53. The summed E-state index contributed by atoms with van der Waals surface area (Å²) in [6.07, 6.45) is 0. The lowest BCUT2D eigenvalue weighted by atomic mass is 9.67. The number of fused-ring (bicyclic) bond motifs is 2. The minimum atomic E-state index is -1.95. The Kier molecular flexibility index (Phi) is 6.77. The lowest BCUT2D eigenvalue weighted by Gasteiger charge is -2.35. The summed E-state index contributed by atoms with van der Waals surface area (Å²) in [6, 6.07) is 23.2. The van der Waals surface area contributed by atoms with Gasteiger partial charge in [0.25, 0.3) is 0 Å². The number of halogens is 1. The highest BCUT2D eigenvalue weighted by molar-refractivity contribution is 9.10. The number of hydrogen-bond acceptors (Lipinski definition) is 7. The molecule has 0 aromatic heterocycles. The number of nitrogens with one attached hydrogen (secondary N) is 1. The summed E-state index contributed by atoms with van der Waals surface area (Å²) in [5, 5.41) is 2.79. The summed E-state index contributed by atoms with van der Waals surface area (Å²) < 4.78 is 17.5. The molecule has 5 rings (SSSR count). The molecule has 0 saturated heterocycles. The molecule has 38 heavy (non-hydrogen) atoms. The maximum absolute atomic E-state index is 13.9. The van der Waals surface area contributed by atoms with Crippen LogP contribution in [0.1, 0.15) is 23.6 Å². The Balaban J connectivity index is 1.60. The minimum absolute atomic E-state index is 0.0446. The first-order valence-electron chi connectivity index (χ1n) is 11.8. The predicted molar refractivity (Wildman–Crippen MR) is 142 cm³/mol. The van der Waals surface area contributed by atoms with Gasteiger partial charge < -0.3 is 25.3 Å². The normalized spacial score (nSPS) is 18.1. The van der Waals surface area contributed by atoms with Crippen LogP contribution in [0.15, 0.2) is 106 Å². The number of allylic oxidation sites excluding steroid dienone is 1. The third-order valence-electron chi connectivity index (χ3n) is 6.42. The lowest BCUT2D eigenvalue weighted by molar-refractivity contribution is -0.144. The van der Waals surface area contributed by atoms with Gasteiger partial charge in [0.2, 0.25) is 11.8 Å². The SMILES string of the molecule is CC1=C(C(=O)OCc2ccccc2)[C@@]2(C(=O)Nc3ccc(Br)cc32)C(C(=O)OCc2ccccc2)=C(N)O1. The number of rotatable bonds is 6. The van der Waals surface area contributed by atoms with Crippen LogP contribution >= 0.6 is 15.9 Å². The quantitative estimate of drug-likeness (QED) is 0.413. The zero-order valence-corrected chi connectivity index (χ0v) is 21.9. The van der Waals surface area contributed by atoms with Gasteiger partial charge in [0.05, 0.1) is 0 Å². The number of esters is 2. The van der Waals surface area contributed by atoms with E-state index in [0.717, 1.165) is 11.1 Å². The van der Waals surface area contributed by atoms with E-state index in [1.807, 2.05) is 36.4 Å². The number of ether oxygens (including phenoxy) is 3. The fourth-order valence-corrected chi connectivity index (χ4v) is 5.11. The Bertz CT molecular complexity index is 1420.